The fourth-order valence-electron chi connectivity index (χ4n) is 6.55. The highest BCUT2D eigenvalue weighted by molar-refractivity contribution is 5.95. The summed E-state index contributed by atoms with van der Waals surface area (Å²) in [4.78, 5) is 73.3. The summed E-state index contributed by atoms with van der Waals surface area (Å²) in [5, 5.41) is 15.0. The zero-order valence-corrected chi connectivity index (χ0v) is 30.2. The van der Waals surface area contributed by atoms with Crippen LogP contribution in [0.3, 0.4) is 0 Å². The normalized spacial score (nSPS) is 26.6. The fourth-order valence-corrected chi connectivity index (χ4v) is 6.55. The lowest BCUT2D eigenvalue weighted by atomic mass is 9.73. The number of carbonyl (C=O) groups excluding carboxylic acids is 5. The minimum Gasteiger partial charge on any atom is -0.370 e. The molecule has 9 N–H and O–H groups in total. The maximum atomic E-state index is 14.2. The molecular formula is C34H63N9O5. The number of ketones is 1. The molecule has 5 amide bonds. The molecule has 2 aliphatic rings. The monoisotopic (exact) mass is 677 g/mol. The molecule has 0 aromatic rings. The van der Waals surface area contributed by atoms with Gasteiger partial charge in [-0.3, -0.25) is 24.2 Å². The minimum atomic E-state index is -0.830. The van der Waals surface area contributed by atoms with Crippen LogP contribution in [0, 0.1) is 17.3 Å². The Labute approximate surface area is 287 Å². The molecule has 14 nitrogen and oxygen atoms in total. The van der Waals surface area contributed by atoms with E-state index in [0.717, 1.165) is 12.8 Å². The number of hydrogen-bond donors (Lipinski definition) is 7. The topological polar surface area (TPSA) is 213 Å². The van der Waals surface area contributed by atoms with Gasteiger partial charge >= 0.3 is 6.03 Å². The third-order valence-electron chi connectivity index (χ3n) is 9.24. The van der Waals surface area contributed by atoms with Gasteiger partial charge in [-0.2, -0.15) is 0 Å². The van der Waals surface area contributed by atoms with Gasteiger partial charge in [-0.15, -0.1) is 0 Å². The maximum absolute atomic E-state index is 14.2. The molecule has 48 heavy (non-hydrogen) atoms. The van der Waals surface area contributed by atoms with Crippen molar-refractivity contribution in [1.82, 2.24) is 31.5 Å². The molecule has 0 saturated carbocycles. The second-order valence-electron chi connectivity index (χ2n) is 14.5. The predicted molar refractivity (Wildman–Crippen MR) is 188 cm³/mol. The smallest absolute Gasteiger partial charge is 0.315 e. The van der Waals surface area contributed by atoms with Gasteiger partial charge in [-0.1, -0.05) is 48.0 Å². The van der Waals surface area contributed by atoms with Crippen molar-refractivity contribution in [3.05, 3.63) is 0 Å². The van der Waals surface area contributed by atoms with Crippen LogP contribution in [0.4, 0.5) is 4.79 Å². The minimum absolute atomic E-state index is 0.0397. The number of guanidine groups is 1. The molecule has 2 unspecified atom stereocenters. The van der Waals surface area contributed by atoms with Gasteiger partial charge in [0.2, 0.25) is 17.7 Å². The molecule has 274 valence electrons. The van der Waals surface area contributed by atoms with Crippen molar-refractivity contribution in [2.75, 3.05) is 32.7 Å². The van der Waals surface area contributed by atoms with Crippen LogP contribution >= 0.6 is 0 Å². The first-order valence-electron chi connectivity index (χ1n) is 17.9. The highest BCUT2D eigenvalue weighted by atomic mass is 16.2. The Morgan fingerprint density at radius 2 is 1.58 bits per heavy atom. The molecular weight excluding hydrogens is 614 g/mol. The number of fused-ring (bicyclic) bond motifs is 1. The molecule has 0 aliphatic carbocycles. The third kappa shape index (κ3) is 13.2. The van der Waals surface area contributed by atoms with Crippen molar-refractivity contribution in [2.24, 2.45) is 33.7 Å². The number of amides is 5. The van der Waals surface area contributed by atoms with Gasteiger partial charge in [0.25, 0.3) is 0 Å². The summed E-state index contributed by atoms with van der Waals surface area (Å²) in [7, 11) is 0. The van der Waals surface area contributed by atoms with Crippen molar-refractivity contribution in [1.29, 1.82) is 0 Å². The zero-order valence-electron chi connectivity index (χ0n) is 30.2. The van der Waals surface area contributed by atoms with Gasteiger partial charge in [0.05, 0.1) is 12.1 Å². The molecule has 2 aliphatic heterocycles. The Morgan fingerprint density at radius 1 is 0.917 bits per heavy atom. The summed E-state index contributed by atoms with van der Waals surface area (Å²) in [6.45, 7) is 14.0. The van der Waals surface area contributed by atoms with Crippen LogP contribution in [0.1, 0.15) is 106 Å². The Bertz CT molecular complexity index is 1100. The van der Waals surface area contributed by atoms with Gasteiger partial charge in [0.15, 0.2) is 11.7 Å². The van der Waals surface area contributed by atoms with Gasteiger partial charge in [0.1, 0.15) is 12.1 Å². The number of nitrogens with zero attached hydrogens (tertiary/aromatic N) is 2. The number of rotatable bonds is 7. The average Bonchev–Trinajstić information content (AvgIpc) is 3.50. The summed E-state index contributed by atoms with van der Waals surface area (Å²) in [5.41, 5.74) is 10.6. The molecule has 0 radical (unpaired) electrons. The SMILES string of the molecule is CCNC1CCCCNC(=O)N[C@@H](C(C)C)C(=O)N2CCC[C@H]2C(=O)N[C@@H](CCCN=C(N)N)C(=O)C(C(C)(C)C)CCCCNC1=O. The summed E-state index contributed by atoms with van der Waals surface area (Å²) in [6, 6.07) is -3.17. The van der Waals surface area contributed by atoms with E-state index in [1.54, 1.807) is 4.90 Å². The van der Waals surface area contributed by atoms with Gasteiger partial charge in [-0.05, 0) is 75.7 Å². The van der Waals surface area contributed by atoms with E-state index in [1.807, 2.05) is 41.5 Å². The Balaban J connectivity index is 2.38. The van der Waals surface area contributed by atoms with E-state index >= 15 is 0 Å². The van der Waals surface area contributed by atoms with E-state index in [0.29, 0.717) is 84.1 Å². The lowest BCUT2D eigenvalue weighted by Gasteiger charge is -2.34. The van der Waals surface area contributed by atoms with Gasteiger partial charge in [0, 0.05) is 32.1 Å². The van der Waals surface area contributed by atoms with Crippen LogP contribution < -0.4 is 38.1 Å². The van der Waals surface area contributed by atoms with Crippen molar-refractivity contribution in [3.8, 4) is 0 Å². The zero-order chi connectivity index (χ0) is 35.9. The number of likely N-dealkylation sites (N-methyl/N-ethyl adjacent to an activating group) is 1. The van der Waals surface area contributed by atoms with Crippen molar-refractivity contribution < 1.29 is 24.0 Å². The Morgan fingerprint density at radius 3 is 2.21 bits per heavy atom. The number of nitrogens with one attached hydrogen (secondary N) is 5. The first-order valence-corrected chi connectivity index (χ1v) is 17.9. The van der Waals surface area contributed by atoms with Crippen molar-refractivity contribution in [3.63, 3.8) is 0 Å². The number of aliphatic imine (C=N–C) groups is 1. The van der Waals surface area contributed by atoms with Crippen molar-refractivity contribution in [2.45, 2.75) is 130 Å². The highest BCUT2D eigenvalue weighted by Gasteiger charge is 2.41. The number of urea groups is 1. The highest BCUT2D eigenvalue weighted by Crippen LogP contribution is 2.33. The summed E-state index contributed by atoms with van der Waals surface area (Å²) >= 11 is 0. The first-order chi connectivity index (χ1) is 22.7. The molecule has 2 saturated heterocycles. The van der Waals surface area contributed by atoms with E-state index in [2.05, 4.69) is 31.6 Å². The lowest BCUT2D eigenvalue weighted by molar-refractivity contribution is -0.141. The predicted octanol–water partition coefficient (Wildman–Crippen LogP) is 1.52. The summed E-state index contributed by atoms with van der Waals surface area (Å²) in [6.07, 6.45) is 5.98. The van der Waals surface area contributed by atoms with Crippen LogP contribution in [-0.2, 0) is 19.2 Å². The second kappa shape index (κ2) is 20.2. The lowest BCUT2D eigenvalue weighted by Crippen LogP contribution is -2.58. The van der Waals surface area contributed by atoms with Gasteiger partial charge in [-0.25, -0.2) is 4.79 Å². The maximum Gasteiger partial charge on any atom is 0.315 e. The molecule has 2 rings (SSSR count). The van der Waals surface area contributed by atoms with Gasteiger partial charge < -0.3 is 43.0 Å². The molecule has 2 heterocycles. The van der Waals surface area contributed by atoms with E-state index in [4.69, 9.17) is 11.5 Å². The van der Waals surface area contributed by atoms with Crippen molar-refractivity contribution >= 4 is 35.5 Å². The molecule has 2 fully saturated rings. The van der Waals surface area contributed by atoms with E-state index in [1.165, 1.54) is 0 Å². The van der Waals surface area contributed by atoms with E-state index < -0.39 is 24.2 Å². The third-order valence-corrected chi connectivity index (χ3v) is 9.24. The van der Waals surface area contributed by atoms with Crippen LogP contribution in [-0.4, -0.2) is 97.3 Å². The molecule has 14 heteroatoms. The number of hydrogen-bond acceptors (Lipinski definition) is 7. The molecule has 5 atom stereocenters. The van der Waals surface area contributed by atoms with E-state index in [9.17, 15) is 24.0 Å². The van der Waals surface area contributed by atoms with E-state index in [-0.39, 0.29) is 52.8 Å². The standard InChI is InChI=1S/C34H63N9O5/c1-7-37-25-15-9-11-19-40-33(48)42-27(22(2)3)31(47)43-21-13-17-26(43)30(46)41-24(16-12-20-39-32(35)36)28(44)23(34(4,5)6)14-8-10-18-38-29(25)45/h22-27,37H,7-21H2,1-6H3,(H,38,45)(H,41,46)(H4,35,36,39)(H2,40,42,48)/t23?,24-,25?,26-,27-/m0/s1. The molecule has 0 aromatic carbocycles. The van der Waals surface area contributed by atoms with Crippen LogP contribution in [0.2, 0.25) is 0 Å². The summed E-state index contributed by atoms with van der Waals surface area (Å²) < 4.78 is 0. The van der Waals surface area contributed by atoms with Crippen LogP contribution in [0.5, 0.6) is 0 Å². The largest absolute Gasteiger partial charge is 0.370 e. The fraction of sp³-hybridized carbons (Fsp3) is 0.824. The average molecular weight is 678 g/mol. The van der Waals surface area contributed by atoms with Crippen LogP contribution in [0.15, 0.2) is 4.99 Å². The number of nitrogens with two attached hydrogens (primary N) is 2. The molecule has 0 aromatic heterocycles. The first kappa shape index (κ1) is 40.8. The number of Topliss-reactive ketones (excluding diaryl/α,β-unsaturated/α-hetero) is 1. The quantitative estimate of drug-likeness (QED) is 0.119. The van der Waals surface area contributed by atoms with Crippen LogP contribution in [0.25, 0.3) is 0 Å². The summed E-state index contributed by atoms with van der Waals surface area (Å²) in [5.74, 6) is -1.44. The molecule has 0 bridgehead atoms. The number of carbonyl (C=O) groups is 5. The Kier molecular flexibility index (Phi) is 17.1. The Hall–Kier alpha value is -3.42. The molecule has 0 spiro atoms. The second-order valence-corrected chi connectivity index (χ2v) is 14.5.